The van der Waals surface area contributed by atoms with Crippen molar-refractivity contribution >= 4 is 17.4 Å². The molecule has 0 spiro atoms. The SMILES string of the molecule is Nc1ccc(C(=O)Nc2ccc(-c3ccc(C(F)(F)F)cc3)nn2)nc1. The maximum Gasteiger partial charge on any atom is 0.416 e. The Kier molecular flexibility index (Phi) is 4.53. The van der Waals surface area contributed by atoms with Crippen LogP contribution in [-0.4, -0.2) is 21.1 Å². The molecule has 9 heteroatoms. The lowest BCUT2D eigenvalue weighted by molar-refractivity contribution is -0.137. The highest BCUT2D eigenvalue weighted by molar-refractivity contribution is 6.02. The van der Waals surface area contributed by atoms with E-state index in [0.29, 0.717) is 16.9 Å². The van der Waals surface area contributed by atoms with Gasteiger partial charge in [-0.1, -0.05) is 12.1 Å². The Balaban J connectivity index is 1.72. The highest BCUT2D eigenvalue weighted by atomic mass is 19.4. The summed E-state index contributed by atoms with van der Waals surface area (Å²) in [7, 11) is 0. The van der Waals surface area contributed by atoms with Crippen LogP contribution >= 0.6 is 0 Å². The van der Waals surface area contributed by atoms with Crippen molar-refractivity contribution < 1.29 is 18.0 Å². The summed E-state index contributed by atoms with van der Waals surface area (Å²) in [4.78, 5) is 15.9. The minimum absolute atomic E-state index is 0.160. The quantitative estimate of drug-likeness (QED) is 0.748. The second-order valence-electron chi connectivity index (χ2n) is 5.31. The summed E-state index contributed by atoms with van der Waals surface area (Å²) in [6.45, 7) is 0. The Hall–Kier alpha value is -3.49. The second-order valence-corrected chi connectivity index (χ2v) is 5.31. The Morgan fingerprint density at radius 3 is 2.23 bits per heavy atom. The van der Waals surface area contributed by atoms with Gasteiger partial charge in [-0.2, -0.15) is 13.2 Å². The molecule has 0 saturated heterocycles. The number of nitrogen functional groups attached to an aromatic ring is 1. The van der Waals surface area contributed by atoms with Crippen molar-refractivity contribution in [1.82, 2.24) is 15.2 Å². The van der Waals surface area contributed by atoms with Gasteiger partial charge in [0.1, 0.15) is 5.69 Å². The molecule has 0 bridgehead atoms. The lowest BCUT2D eigenvalue weighted by atomic mass is 10.1. The molecule has 1 aromatic carbocycles. The van der Waals surface area contributed by atoms with Gasteiger partial charge in [-0.15, -0.1) is 10.2 Å². The van der Waals surface area contributed by atoms with Gasteiger partial charge in [-0.3, -0.25) is 4.79 Å². The molecule has 0 radical (unpaired) electrons. The summed E-state index contributed by atoms with van der Waals surface area (Å²) < 4.78 is 37.7. The summed E-state index contributed by atoms with van der Waals surface area (Å²) in [5, 5.41) is 10.3. The Bertz CT molecular complexity index is 907. The third-order valence-corrected chi connectivity index (χ3v) is 3.43. The maximum absolute atomic E-state index is 12.6. The molecule has 0 aliphatic carbocycles. The molecule has 0 unspecified atom stereocenters. The van der Waals surface area contributed by atoms with E-state index in [4.69, 9.17) is 5.73 Å². The molecule has 0 saturated carbocycles. The van der Waals surface area contributed by atoms with E-state index in [9.17, 15) is 18.0 Å². The van der Waals surface area contributed by atoms with Crippen LogP contribution in [0.1, 0.15) is 16.1 Å². The predicted molar refractivity (Wildman–Crippen MR) is 89.1 cm³/mol. The number of pyridine rings is 1. The van der Waals surface area contributed by atoms with Crippen LogP contribution in [0.15, 0.2) is 54.7 Å². The van der Waals surface area contributed by atoms with Crippen molar-refractivity contribution in [2.45, 2.75) is 6.18 Å². The number of carbonyl (C=O) groups excluding carboxylic acids is 1. The van der Waals surface area contributed by atoms with E-state index < -0.39 is 17.6 Å². The number of hydrogen-bond donors (Lipinski definition) is 2. The fourth-order valence-electron chi connectivity index (χ4n) is 2.10. The molecule has 1 amide bonds. The first-order chi connectivity index (χ1) is 12.3. The zero-order chi connectivity index (χ0) is 18.7. The van der Waals surface area contributed by atoms with Gasteiger partial charge in [0.2, 0.25) is 0 Å². The molecule has 0 aliphatic heterocycles. The maximum atomic E-state index is 12.6. The summed E-state index contributed by atoms with van der Waals surface area (Å²) >= 11 is 0. The van der Waals surface area contributed by atoms with Crippen molar-refractivity contribution in [1.29, 1.82) is 0 Å². The lowest BCUT2D eigenvalue weighted by Crippen LogP contribution is -2.15. The van der Waals surface area contributed by atoms with E-state index in [1.54, 1.807) is 12.1 Å². The number of nitrogens with zero attached hydrogens (tertiary/aromatic N) is 3. The van der Waals surface area contributed by atoms with E-state index in [1.807, 2.05) is 0 Å². The van der Waals surface area contributed by atoms with E-state index in [1.165, 1.54) is 30.5 Å². The highest BCUT2D eigenvalue weighted by Gasteiger charge is 2.30. The van der Waals surface area contributed by atoms with Crippen LogP contribution in [0.5, 0.6) is 0 Å². The molecule has 6 nitrogen and oxygen atoms in total. The van der Waals surface area contributed by atoms with Crippen molar-refractivity contribution in [3.63, 3.8) is 0 Å². The molecule has 2 aromatic heterocycles. The normalized spacial score (nSPS) is 11.2. The fourth-order valence-corrected chi connectivity index (χ4v) is 2.10. The Labute approximate surface area is 145 Å². The molecular weight excluding hydrogens is 347 g/mol. The molecule has 132 valence electrons. The third-order valence-electron chi connectivity index (χ3n) is 3.43. The van der Waals surface area contributed by atoms with Gasteiger partial charge >= 0.3 is 6.18 Å². The van der Waals surface area contributed by atoms with E-state index in [-0.39, 0.29) is 11.5 Å². The molecule has 3 N–H and O–H groups in total. The zero-order valence-corrected chi connectivity index (χ0v) is 13.2. The standard InChI is InChI=1S/C17H12F3N5O/c18-17(19,20)11-3-1-10(2-4-11)13-7-8-15(25-24-13)23-16(26)14-6-5-12(21)9-22-14/h1-9H,21H2,(H,23,25,26). The average Bonchev–Trinajstić information content (AvgIpc) is 2.62. The van der Waals surface area contributed by atoms with Crippen molar-refractivity contribution in [3.8, 4) is 11.3 Å². The minimum Gasteiger partial charge on any atom is -0.397 e. The van der Waals surface area contributed by atoms with Crippen LogP contribution < -0.4 is 11.1 Å². The van der Waals surface area contributed by atoms with E-state index >= 15 is 0 Å². The van der Waals surface area contributed by atoms with Crippen molar-refractivity contribution in [2.24, 2.45) is 0 Å². The predicted octanol–water partition coefficient (Wildman–Crippen LogP) is 3.39. The smallest absolute Gasteiger partial charge is 0.397 e. The van der Waals surface area contributed by atoms with Gasteiger partial charge < -0.3 is 11.1 Å². The first kappa shape index (κ1) is 17.3. The van der Waals surface area contributed by atoms with Crippen LogP contribution in [0.25, 0.3) is 11.3 Å². The summed E-state index contributed by atoms with van der Waals surface area (Å²) in [5.41, 5.74) is 6.21. The van der Waals surface area contributed by atoms with E-state index in [2.05, 4.69) is 20.5 Å². The highest BCUT2D eigenvalue weighted by Crippen LogP contribution is 2.30. The zero-order valence-electron chi connectivity index (χ0n) is 13.2. The number of aromatic nitrogens is 3. The summed E-state index contributed by atoms with van der Waals surface area (Å²) in [6, 6.07) is 10.6. The Morgan fingerprint density at radius 1 is 0.962 bits per heavy atom. The van der Waals surface area contributed by atoms with Gasteiger partial charge in [-0.25, -0.2) is 4.98 Å². The number of benzene rings is 1. The first-order valence-corrected chi connectivity index (χ1v) is 7.37. The largest absolute Gasteiger partial charge is 0.416 e. The minimum atomic E-state index is -4.39. The van der Waals surface area contributed by atoms with Crippen LogP contribution in [0.4, 0.5) is 24.7 Å². The number of nitrogens with one attached hydrogen (secondary N) is 1. The van der Waals surface area contributed by atoms with Gasteiger partial charge in [0.15, 0.2) is 5.82 Å². The number of alkyl halides is 3. The molecule has 3 rings (SSSR count). The molecule has 0 aliphatic rings. The van der Waals surface area contributed by atoms with Gasteiger partial charge in [0.25, 0.3) is 5.91 Å². The first-order valence-electron chi connectivity index (χ1n) is 7.37. The van der Waals surface area contributed by atoms with Crippen molar-refractivity contribution in [3.05, 3.63) is 66.0 Å². The Morgan fingerprint density at radius 2 is 1.69 bits per heavy atom. The molecular formula is C17H12F3N5O. The monoisotopic (exact) mass is 359 g/mol. The van der Waals surface area contributed by atoms with E-state index in [0.717, 1.165) is 12.1 Å². The van der Waals surface area contributed by atoms with Crippen LogP contribution in [0, 0.1) is 0 Å². The number of nitrogens with two attached hydrogens (primary N) is 1. The second kappa shape index (κ2) is 6.79. The average molecular weight is 359 g/mol. The van der Waals surface area contributed by atoms with Crippen LogP contribution in [0.3, 0.4) is 0 Å². The summed E-state index contributed by atoms with van der Waals surface area (Å²) in [5.74, 6) is -0.300. The molecule has 0 fully saturated rings. The van der Waals surface area contributed by atoms with Crippen LogP contribution in [-0.2, 0) is 6.18 Å². The van der Waals surface area contributed by atoms with Gasteiger partial charge in [0.05, 0.1) is 23.1 Å². The summed E-state index contributed by atoms with van der Waals surface area (Å²) in [6.07, 6.45) is -3.04. The lowest BCUT2D eigenvalue weighted by Gasteiger charge is -2.07. The number of rotatable bonds is 3. The van der Waals surface area contributed by atoms with Gasteiger partial charge in [-0.05, 0) is 36.4 Å². The van der Waals surface area contributed by atoms with Crippen molar-refractivity contribution in [2.75, 3.05) is 11.1 Å². The molecule has 26 heavy (non-hydrogen) atoms. The number of anilines is 2. The number of halogens is 3. The number of hydrogen-bond acceptors (Lipinski definition) is 5. The number of carbonyl (C=O) groups is 1. The topological polar surface area (TPSA) is 93.8 Å². The fraction of sp³-hybridized carbons (Fsp3) is 0.0588. The molecule has 3 aromatic rings. The molecule has 2 heterocycles. The van der Waals surface area contributed by atoms with Gasteiger partial charge in [0, 0.05) is 5.56 Å². The molecule has 0 atom stereocenters. The number of amides is 1. The third kappa shape index (κ3) is 3.94. The van der Waals surface area contributed by atoms with Crippen LogP contribution in [0.2, 0.25) is 0 Å².